The minimum Gasteiger partial charge on any atom is -0.452 e. The van der Waals surface area contributed by atoms with Gasteiger partial charge in [-0.25, -0.2) is 4.79 Å². The normalized spacial score (nSPS) is 11.2. The van der Waals surface area contributed by atoms with E-state index in [0.29, 0.717) is 12.2 Å². The highest BCUT2D eigenvalue weighted by molar-refractivity contribution is 5.97. The first-order chi connectivity index (χ1) is 12.3. The third-order valence-corrected chi connectivity index (χ3v) is 3.36. The van der Waals surface area contributed by atoms with Crippen LogP contribution in [0.1, 0.15) is 30.6 Å². The van der Waals surface area contributed by atoms with Crippen LogP contribution in [0.5, 0.6) is 0 Å². The Balaban J connectivity index is 2.66. The highest BCUT2D eigenvalue weighted by Gasteiger charge is 2.20. The first-order valence-corrected chi connectivity index (χ1v) is 8.00. The molecular formula is C16H22N4O6. The van der Waals surface area contributed by atoms with Gasteiger partial charge in [0.15, 0.2) is 6.61 Å². The number of nitro benzene ring substituents is 1. The molecule has 0 saturated heterocycles. The van der Waals surface area contributed by atoms with E-state index in [-0.39, 0.29) is 17.2 Å². The molecule has 0 radical (unpaired) electrons. The largest absolute Gasteiger partial charge is 0.452 e. The van der Waals surface area contributed by atoms with Gasteiger partial charge in [-0.15, -0.1) is 0 Å². The van der Waals surface area contributed by atoms with Crippen molar-refractivity contribution in [2.24, 2.45) is 0 Å². The molecular weight excluding hydrogens is 344 g/mol. The molecule has 1 atom stereocenters. The van der Waals surface area contributed by atoms with Gasteiger partial charge in [0.05, 0.1) is 10.5 Å². The van der Waals surface area contributed by atoms with Gasteiger partial charge >= 0.3 is 5.97 Å². The number of non-ortho nitro benzene ring substituents is 1. The predicted octanol–water partition coefficient (Wildman–Crippen LogP) is 0.824. The van der Waals surface area contributed by atoms with Crippen molar-refractivity contribution in [1.29, 1.82) is 0 Å². The highest BCUT2D eigenvalue weighted by Crippen LogP contribution is 2.22. The third kappa shape index (κ3) is 6.04. The summed E-state index contributed by atoms with van der Waals surface area (Å²) in [5.41, 5.74) is -0.0156. The topological polar surface area (TPSA) is 140 Å². The van der Waals surface area contributed by atoms with Gasteiger partial charge in [-0.1, -0.05) is 6.92 Å². The number of ether oxygens (including phenoxy) is 1. The number of amides is 2. The lowest BCUT2D eigenvalue weighted by Crippen LogP contribution is -2.46. The lowest BCUT2D eigenvalue weighted by molar-refractivity contribution is -0.384. The van der Waals surface area contributed by atoms with Crippen LogP contribution in [-0.2, 0) is 14.3 Å². The molecule has 142 valence electrons. The van der Waals surface area contributed by atoms with E-state index in [1.807, 2.05) is 6.92 Å². The molecule has 0 spiro atoms. The molecule has 0 bridgehead atoms. The zero-order chi connectivity index (χ0) is 19.7. The van der Waals surface area contributed by atoms with Crippen LogP contribution in [0.3, 0.4) is 0 Å². The molecule has 1 aromatic carbocycles. The van der Waals surface area contributed by atoms with Crippen LogP contribution in [0.15, 0.2) is 18.2 Å². The average Bonchev–Trinajstić information content (AvgIpc) is 2.63. The summed E-state index contributed by atoms with van der Waals surface area (Å²) in [5, 5.41) is 18.6. The van der Waals surface area contributed by atoms with Crippen LogP contribution in [0.4, 0.5) is 11.4 Å². The maximum atomic E-state index is 12.1. The van der Waals surface area contributed by atoms with Crippen molar-refractivity contribution < 1.29 is 24.0 Å². The summed E-state index contributed by atoms with van der Waals surface area (Å²) in [5.74, 6) is -1.90. The molecule has 0 aliphatic rings. The van der Waals surface area contributed by atoms with E-state index in [4.69, 9.17) is 4.74 Å². The molecule has 0 aromatic heterocycles. The molecule has 10 nitrogen and oxygen atoms in total. The van der Waals surface area contributed by atoms with Crippen LogP contribution in [0.25, 0.3) is 0 Å². The number of nitrogens with zero attached hydrogens (tertiary/aromatic N) is 1. The number of benzene rings is 1. The smallest absolute Gasteiger partial charge is 0.341 e. The first kappa shape index (κ1) is 20.9. The van der Waals surface area contributed by atoms with Crippen LogP contribution < -0.4 is 16.0 Å². The fourth-order valence-corrected chi connectivity index (χ4v) is 1.99. The van der Waals surface area contributed by atoms with Gasteiger partial charge in [0.1, 0.15) is 6.04 Å². The fraction of sp³-hybridized carbons (Fsp3) is 0.438. The molecule has 1 aromatic rings. The van der Waals surface area contributed by atoms with Crippen LogP contribution in [0, 0.1) is 10.1 Å². The molecule has 0 aliphatic heterocycles. The number of hydrogen-bond acceptors (Lipinski definition) is 7. The number of rotatable bonds is 9. The van der Waals surface area contributed by atoms with E-state index in [1.165, 1.54) is 19.1 Å². The number of carbonyl (C=O) groups is 3. The standard InChI is InChI=1S/C16H22N4O6/c1-4-7-18-15(22)10(2)19-14(21)9-26-16(23)12-8-11(20(24)25)5-6-13(12)17-3/h5-6,8,10,17H,4,7,9H2,1-3H3,(H,18,22)(H,19,21)/t10-/m0/s1. The third-order valence-electron chi connectivity index (χ3n) is 3.36. The molecule has 0 saturated carbocycles. The second kappa shape index (κ2) is 9.97. The quantitative estimate of drug-likeness (QED) is 0.334. The molecule has 0 fully saturated rings. The Labute approximate surface area is 150 Å². The van der Waals surface area contributed by atoms with Gasteiger partial charge in [-0.05, 0) is 19.4 Å². The maximum absolute atomic E-state index is 12.1. The van der Waals surface area contributed by atoms with Crippen molar-refractivity contribution >= 4 is 29.2 Å². The predicted molar refractivity (Wildman–Crippen MR) is 93.8 cm³/mol. The van der Waals surface area contributed by atoms with Gasteiger partial charge in [0.25, 0.3) is 11.6 Å². The van der Waals surface area contributed by atoms with Crippen LogP contribution >= 0.6 is 0 Å². The Hall–Kier alpha value is -3.17. The zero-order valence-corrected chi connectivity index (χ0v) is 14.8. The van der Waals surface area contributed by atoms with Gasteiger partial charge < -0.3 is 20.7 Å². The van der Waals surface area contributed by atoms with Crippen molar-refractivity contribution in [2.45, 2.75) is 26.3 Å². The summed E-state index contributed by atoms with van der Waals surface area (Å²) in [7, 11) is 1.54. The summed E-state index contributed by atoms with van der Waals surface area (Å²) < 4.78 is 4.88. The van der Waals surface area contributed by atoms with Crippen molar-refractivity contribution in [2.75, 3.05) is 25.5 Å². The molecule has 2 amide bonds. The highest BCUT2D eigenvalue weighted by atomic mass is 16.6. The number of hydrogen-bond donors (Lipinski definition) is 3. The number of nitrogens with one attached hydrogen (secondary N) is 3. The molecule has 3 N–H and O–H groups in total. The summed E-state index contributed by atoms with van der Waals surface area (Å²) in [6, 6.07) is 2.90. The Bertz CT molecular complexity index is 691. The van der Waals surface area contributed by atoms with Gasteiger partial charge in [-0.3, -0.25) is 19.7 Å². The Kier molecular flexibility index (Phi) is 8.00. The van der Waals surface area contributed by atoms with E-state index in [2.05, 4.69) is 16.0 Å². The van der Waals surface area contributed by atoms with Crippen molar-refractivity contribution in [1.82, 2.24) is 10.6 Å². The molecule has 0 aliphatic carbocycles. The lowest BCUT2D eigenvalue weighted by atomic mass is 10.1. The van der Waals surface area contributed by atoms with Crippen molar-refractivity contribution in [3.05, 3.63) is 33.9 Å². The second-order valence-corrected chi connectivity index (χ2v) is 5.39. The van der Waals surface area contributed by atoms with E-state index in [9.17, 15) is 24.5 Å². The second-order valence-electron chi connectivity index (χ2n) is 5.39. The summed E-state index contributed by atoms with van der Waals surface area (Å²) in [6.45, 7) is 3.28. The Morgan fingerprint density at radius 1 is 1.31 bits per heavy atom. The number of anilines is 1. The molecule has 26 heavy (non-hydrogen) atoms. The van der Waals surface area contributed by atoms with Crippen LogP contribution in [0.2, 0.25) is 0 Å². The van der Waals surface area contributed by atoms with Gasteiger partial charge in [-0.2, -0.15) is 0 Å². The summed E-state index contributed by atoms with van der Waals surface area (Å²) in [6.07, 6.45) is 0.765. The molecule has 0 heterocycles. The molecule has 1 rings (SSSR count). The number of nitro groups is 1. The number of esters is 1. The maximum Gasteiger partial charge on any atom is 0.341 e. The van der Waals surface area contributed by atoms with Gasteiger partial charge in [0, 0.05) is 31.4 Å². The SMILES string of the molecule is CCCNC(=O)[C@H](C)NC(=O)COC(=O)c1cc([N+](=O)[O-])ccc1NC. The van der Waals surface area contributed by atoms with E-state index >= 15 is 0 Å². The van der Waals surface area contributed by atoms with E-state index in [1.54, 1.807) is 7.05 Å². The first-order valence-electron chi connectivity index (χ1n) is 8.00. The Morgan fingerprint density at radius 3 is 2.58 bits per heavy atom. The Morgan fingerprint density at radius 2 is 2.00 bits per heavy atom. The average molecular weight is 366 g/mol. The summed E-state index contributed by atoms with van der Waals surface area (Å²) in [4.78, 5) is 45.8. The minimum absolute atomic E-state index is 0.0664. The van der Waals surface area contributed by atoms with Crippen molar-refractivity contribution in [3.63, 3.8) is 0 Å². The fourth-order valence-electron chi connectivity index (χ4n) is 1.99. The van der Waals surface area contributed by atoms with Crippen molar-refractivity contribution in [3.8, 4) is 0 Å². The van der Waals surface area contributed by atoms with Gasteiger partial charge in [0.2, 0.25) is 5.91 Å². The minimum atomic E-state index is -0.892. The van der Waals surface area contributed by atoms with E-state index in [0.717, 1.165) is 12.5 Å². The molecule has 10 heteroatoms. The monoisotopic (exact) mass is 366 g/mol. The zero-order valence-electron chi connectivity index (χ0n) is 14.8. The molecule has 0 unspecified atom stereocenters. The number of carbonyl (C=O) groups excluding carboxylic acids is 3. The summed E-state index contributed by atoms with van der Waals surface area (Å²) >= 11 is 0. The van der Waals surface area contributed by atoms with Crippen LogP contribution in [-0.4, -0.2) is 48.9 Å². The lowest BCUT2D eigenvalue weighted by Gasteiger charge is -2.14. The van der Waals surface area contributed by atoms with E-state index < -0.39 is 29.4 Å².